The van der Waals surface area contributed by atoms with E-state index in [9.17, 15) is 13.2 Å². The van der Waals surface area contributed by atoms with Gasteiger partial charge in [-0.1, -0.05) is 6.08 Å². The summed E-state index contributed by atoms with van der Waals surface area (Å²) in [5.41, 5.74) is 1.39. The normalized spacial score (nSPS) is 34.4. The van der Waals surface area contributed by atoms with E-state index < -0.39 is 18.3 Å². The number of hydrogen-bond acceptors (Lipinski definition) is 7. The van der Waals surface area contributed by atoms with Gasteiger partial charge in [0.15, 0.2) is 5.82 Å². The number of rotatable bonds is 6. The first-order chi connectivity index (χ1) is 18.6. The monoisotopic (exact) mass is 546 g/mol. The van der Waals surface area contributed by atoms with Gasteiger partial charge >= 0.3 is 6.18 Å². The highest BCUT2D eigenvalue weighted by molar-refractivity contribution is 6.01. The van der Waals surface area contributed by atoms with Gasteiger partial charge in [0.2, 0.25) is 0 Å². The first-order valence-corrected chi connectivity index (χ1v) is 13.9. The van der Waals surface area contributed by atoms with E-state index in [2.05, 4.69) is 50.9 Å². The van der Waals surface area contributed by atoms with E-state index in [0.29, 0.717) is 18.7 Å². The number of amidine groups is 1. The van der Waals surface area contributed by atoms with Crippen LogP contribution in [0.4, 0.5) is 19.0 Å². The lowest BCUT2D eigenvalue weighted by atomic mass is 9.79. The first-order valence-electron chi connectivity index (χ1n) is 13.9. The van der Waals surface area contributed by atoms with Gasteiger partial charge in [-0.15, -0.1) is 0 Å². The summed E-state index contributed by atoms with van der Waals surface area (Å²) < 4.78 is 45.1. The lowest BCUT2D eigenvalue weighted by Crippen LogP contribution is -2.52. The van der Waals surface area contributed by atoms with Gasteiger partial charge in [0, 0.05) is 49.2 Å². The Labute approximate surface area is 226 Å². The van der Waals surface area contributed by atoms with Crippen molar-refractivity contribution in [2.24, 2.45) is 15.9 Å². The van der Waals surface area contributed by atoms with E-state index in [0.717, 1.165) is 68.8 Å². The molecular formula is C27H37F3N8O. The second-order valence-electron chi connectivity index (χ2n) is 11.6. The van der Waals surface area contributed by atoms with Crippen molar-refractivity contribution >= 4 is 17.4 Å². The second-order valence-corrected chi connectivity index (χ2v) is 11.6. The molecule has 5 aliphatic rings. The van der Waals surface area contributed by atoms with Crippen LogP contribution in [0.5, 0.6) is 0 Å². The Morgan fingerprint density at radius 2 is 1.95 bits per heavy atom. The summed E-state index contributed by atoms with van der Waals surface area (Å²) in [5.74, 6) is 2.15. The maximum absolute atomic E-state index is 13.2. The Morgan fingerprint density at radius 3 is 2.62 bits per heavy atom. The molecule has 0 amide bonds. The van der Waals surface area contributed by atoms with Crippen molar-refractivity contribution in [3.05, 3.63) is 35.8 Å². The zero-order valence-corrected chi connectivity index (χ0v) is 22.5. The lowest BCUT2D eigenvalue weighted by Gasteiger charge is -2.41. The van der Waals surface area contributed by atoms with E-state index in [1.165, 1.54) is 0 Å². The zero-order valence-electron chi connectivity index (χ0n) is 22.5. The predicted octanol–water partition coefficient (Wildman–Crippen LogP) is 3.25. The van der Waals surface area contributed by atoms with Gasteiger partial charge < -0.3 is 15.4 Å². The van der Waals surface area contributed by atoms with Gasteiger partial charge in [-0.2, -0.15) is 18.3 Å². The zero-order chi connectivity index (χ0) is 27.2. The molecule has 6 rings (SSSR count). The van der Waals surface area contributed by atoms with E-state index in [-0.39, 0.29) is 24.0 Å². The Bertz CT molecular complexity index is 1170. The van der Waals surface area contributed by atoms with E-state index in [4.69, 9.17) is 14.7 Å². The predicted molar refractivity (Wildman–Crippen MR) is 144 cm³/mol. The fourth-order valence-corrected chi connectivity index (χ4v) is 6.74. The van der Waals surface area contributed by atoms with Gasteiger partial charge in [-0.05, 0) is 51.7 Å². The number of nitrogens with zero attached hydrogens (tertiary/aromatic N) is 5. The first kappa shape index (κ1) is 26.5. The fraction of sp³-hybridized carbons (Fsp3) is 0.667. The third kappa shape index (κ3) is 5.92. The van der Waals surface area contributed by atoms with Gasteiger partial charge in [-0.25, -0.2) is 0 Å². The summed E-state index contributed by atoms with van der Waals surface area (Å²) in [7, 11) is 0. The number of aromatic amines is 1. The fourth-order valence-electron chi connectivity index (χ4n) is 6.74. The molecule has 0 saturated carbocycles. The van der Waals surface area contributed by atoms with Gasteiger partial charge in [0.05, 0.1) is 37.3 Å². The molecule has 12 heteroatoms. The van der Waals surface area contributed by atoms with E-state index in [1.54, 1.807) is 4.90 Å². The molecule has 2 unspecified atom stereocenters. The molecule has 39 heavy (non-hydrogen) atoms. The Hall–Kier alpha value is -2.70. The van der Waals surface area contributed by atoms with Crippen LogP contribution in [0.3, 0.4) is 0 Å². The minimum atomic E-state index is -4.17. The molecule has 9 nitrogen and oxygen atoms in total. The number of morpholine rings is 1. The van der Waals surface area contributed by atoms with Gasteiger partial charge in [0.25, 0.3) is 0 Å². The molecule has 6 heterocycles. The molecule has 212 valence electrons. The standard InChI is InChI=1S/C27H37F3N8O/c1-17-11-23(36-35-17)32-24-14-26(2)22(6-3-18(34-26)15-37-7-9-39-10-8-37)25(33-24)31-19-12-20-4-5-21(13-19)38(20)16-27(28,29)30/h3,6,11,14,19-22H,4-5,7-10,12-13,15-16H2,1-2H3,(H,31,33)(H2,32,35,36)/t19?,20-,21+,22?,26-/m1/s1. The highest BCUT2D eigenvalue weighted by Crippen LogP contribution is 2.40. The van der Waals surface area contributed by atoms with Crippen LogP contribution >= 0.6 is 0 Å². The van der Waals surface area contributed by atoms with Crippen molar-refractivity contribution in [2.75, 3.05) is 44.7 Å². The van der Waals surface area contributed by atoms with Crippen LogP contribution in [-0.4, -0.2) is 101 Å². The summed E-state index contributed by atoms with van der Waals surface area (Å²) in [6, 6.07) is 1.75. The Morgan fingerprint density at radius 1 is 1.21 bits per heavy atom. The summed E-state index contributed by atoms with van der Waals surface area (Å²) >= 11 is 0. The molecular weight excluding hydrogens is 509 g/mol. The smallest absolute Gasteiger partial charge is 0.379 e. The number of anilines is 1. The average molecular weight is 547 g/mol. The number of fused-ring (bicyclic) bond motifs is 3. The number of aryl methyl sites for hydroxylation is 1. The summed E-state index contributed by atoms with van der Waals surface area (Å²) in [6.45, 7) is 7.24. The molecule has 0 spiro atoms. The Balaban J connectivity index is 1.25. The van der Waals surface area contributed by atoms with Crippen LogP contribution in [0.15, 0.2) is 40.1 Å². The number of alkyl halides is 3. The van der Waals surface area contributed by atoms with Gasteiger partial charge in [-0.3, -0.25) is 24.9 Å². The van der Waals surface area contributed by atoms with Crippen LogP contribution in [0.1, 0.15) is 38.3 Å². The van der Waals surface area contributed by atoms with Crippen LogP contribution in [-0.2, 0) is 4.74 Å². The SMILES string of the molecule is Cc1cc(NC2=C[C@@]3(C)N=C(CN4CCOCC4)C=CC3C(=NC3C[C@H]4CC[C@@H](C3)N4CC(F)(F)F)N2)n[nH]1. The molecule has 5 aliphatic heterocycles. The number of piperidine rings is 1. The third-order valence-electron chi connectivity index (χ3n) is 8.49. The van der Waals surface area contributed by atoms with Crippen molar-refractivity contribution in [3.63, 3.8) is 0 Å². The maximum atomic E-state index is 13.2. The van der Waals surface area contributed by atoms with Crippen LogP contribution in [0.2, 0.25) is 0 Å². The number of nitrogens with one attached hydrogen (secondary N) is 3. The largest absolute Gasteiger partial charge is 0.401 e. The van der Waals surface area contributed by atoms with Crippen molar-refractivity contribution in [2.45, 2.75) is 69.4 Å². The van der Waals surface area contributed by atoms with Gasteiger partial charge in [0.1, 0.15) is 11.7 Å². The molecule has 3 fully saturated rings. The number of hydrogen-bond donors (Lipinski definition) is 3. The summed E-state index contributed by atoms with van der Waals surface area (Å²) in [4.78, 5) is 14.4. The molecule has 0 aliphatic carbocycles. The third-order valence-corrected chi connectivity index (χ3v) is 8.49. The minimum Gasteiger partial charge on any atom is -0.379 e. The Kier molecular flexibility index (Phi) is 7.05. The van der Waals surface area contributed by atoms with Crippen LogP contribution in [0, 0.1) is 12.8 Å². The molecule has 1 aromatic rings. The van der Waals surface area contributed by atoms with Crippen molar-refractivity contribution in [1.82, 2.24) is 25.3 Å². The molecule has 3 saturated heterocycles. The molecule has 0 aromatic carbocycles. The average Bonchev–Trinajstić information content (AvgIpc) is 3.35. The van der Waals surface area contributed by atoms with Crippen LogP contribution < -0.4 is 10.6 Å². The second kappa shape index (κ2) is 10.4. The number of aliphatic imine (C=N–C) groups is 2. The quantitative estimate of drug-likeness (QED) is 0.508. The van der Waals surface area contributed by atoms with Crippen LogP contribution in [0.25, 0.3) is 0 Å². The van der Waals surface area contributed by atoms with Crippen molar-refractivity contribution < 1.29 is 17.9 Å². The molecule has 0 radical (unpaired) electrons. The molecule has 5 atom stereocenters. The van der Waals surface area contributed by atoms with Crippen molar-refractivity contribution in [3.8, 4) is 0 Å². The number of aromatic nitrogens is 2. The lowest BCUT2D eigenvalue weighted by molar-refractivity contribution is -0.155. The van der Waals surface area contributed by atoms with E-state index in [1.807, 2.05) is 13.0 Å². The molecule has 2 bridgehead atoms. The number of halogens is 3. The highest BCUT2D eigenvalue weighted by atomic mass is 19.4. The summed E-state index contributed by atoms with van der Waals surface area (Å²) in [6.07, 6.45) is 5.08. The summed E-state index contributed by atoms with van der Waals surface area (Å²) in [5, 5.41) is 14.1. The number of dihydropyridines is 1. The number of H-pyrrole nitrogens is 1. The minimum absolute atomic E-state index is 0.0298. The topological polar surface area (TPSA) is 93.2 Å². The molecule has 1 aromatic heterocycles. The van der Waals surface area contributed by atoms with Crippen molar-refractivity contribution in [1.29, 1.82) is 0 Å². The molecule has 3 N–H and O–H groups in total. The van der Waals surface area contributed by atoms with E-state index >= 15 is 0 Å². The maximum Gasteiger partial charge on any atom is 0.401 e. The highest BCUT2D eigenvalue weighted by Gasteiger charge is 2.46. The number of ether oxygens (including phenoxy) is 1.